The van der Waals surface area contributed by atoms with Gasteiger partial charge in [0.25, 0.3) is 5.69 Å². The average Bonchev–Trinajstić information content (AvgIpc) is 2.63. The number of aryl methyl sites for hydroxylation is 1. The second-order valence-corrected chi connectivity index (χ2v) is 8.50. The molecule has 28 heavy (non-hydrogen) atoms. The van der Waals surface area contributed by atoms with Crippen LogP contribution in [0.25, 0.3) is 0 Å². The second-order valence-electron chi connectivity index (χ2n) is 6.08. The first-order valence-corrected chi connectivity index (χ1v) is 10.7. The fourth-order valence-electron chi connectivity index (χ4n) is 2.48. The summed E-state index contributed by atoms with van der Waals surface area (Å²) in [6, 6.07) is 10.9. The summed E-state index contributed by atoms with van der Waals surface area (Å²) in [7, 11) is -3.54. The Hall–Kier alpha value is -2.65. The molecule has 150 valence electrons. The van der Waals surface area contributed by atoms with Gasteiger partial charge in [-0.1, -0.05) is 29.8 Å². The van der Waals surface area contributed by atoms with Crippen molar-refractivity contribution in [1.29, 1.82) is 0 Å². The van der Waals surface area contributed by atoms with Crippen LogP contribution in [-0.2, 0) is 21.1 Å². The molecule has 2 N–H and O–H groups in total. The number of sulfone groups is 1. The molecule has 0 saturated heterocycles. The first-order chi connectivity index (χ1) is 13.2. The van der Waals surface area contributed by atoms with Crippen LogP contribution in [0.15, 0.2) is 47.4 Å². The van der Waals surface area contributed by atoms with Gasteiger partial charge in [-0.05, 0) is 30.2 Å². The molecule has 0 aliphatic heterocycles. The molecule has 0 spiro atoms. The van der Waals surface area contributed by atoms with Gasteiger partial charge in [0.15, 0.2) is 9.84 Å². The van der Waals surface area contributed by atoms with Gasteiger partial charge >= 0.3 is 0 Å². The van der Waals surface area contributed by atoms with E-state index < -0.39 is 14.8 Å². The first-order valence-electron chi connectivity index (χ1n) is 8.41. The Balaban J connectivity index is 1.85. The lowest BCUT2D eigenvalue weighted by molar-refractivity contribution is -0.384. The highest BCUT2D eigenvalue weighted by Crippen LogP contribution is 2.27. The van der Waals surface area contributed by atoms with E-state index >= 15 is 0 Å². The van der Waals surface area contributed by atoms with Crippen LogP contribution in [0.2, 0.25) is 5.02 Å². The predicted octanol–water partition coefficient (Wildman–Crippen LogP) is 2.81. The number of rotatable bonds is 9. The number of benzene rings is 2. The number of carbonyl (C=O) groups excluding carboxylic acids is 1. The normalized spacial score (nSPS) is 11.1. The van der Waals surface area contributed by atoms with E-state index in [4.69, 9.17) is 11.6 Å². The molecule has 0 aliphatic carbocycles. The van der Waals surface area contributed by atoms with Crippen molar-refractivity contribution in [3.05, 3.63) is 63.2 Å². The van der Waals surface area contributed by atoms with E-state index in [0.29, 0.717) is 11.4 Å². The highest BCUT2D eigenvalue weighted by atomic mass is 35.5. The van der Waals surface area contributed by atoms with Crippen molar-refractivity contribution in [2.45, 2.75) is 17.7 Å². The summed E-state index contributed by atoms with van der Waals surface area (Å²) in [5.74, 6) is -0.163. The summed E-state index contributed by atoms with van der Waals surface area (Å²) in [6.45, 7) is 0.503. The zero-order chi connectivity index (χ0) is 20.7. The van der Waals surface area contributed by atoms with Gasteiger partial charge in [-0.2, -0.15) is 0 Å². The smallest absolute Gasteiger partial charge is 0.293 e. The van der Waals surface area contributed by atoms with Gasteiger partial charge in [0.05, 0.1) is 9.82 Å². The van der Waals surface area contributed by atoms with E-state index in [9.17, 15) is 23.3 Å². The fourth-order valence-corrected chi connectivity index (χ4v) is 3.35. The van der Waals surface area contributed by atoms with E-state index in [-0.39, 0.29) is 41.7 Å². The predicted molar refractivity (Wildman–Crippen MR) is 107 cm³/mol. The third-order valence-corrected chi connectivity index (χ3v) is 5.41. The van der Waals surface area contributed by atoms with E-state index in [2.05, 4.69) is 10.6 Å². The number of hydrogen-bond donors (Lipinski definition) is 2. The van der Waals surface area contributed by atoms with Crippen molar-refractivity contribution >= 4 is 38.7 Å². The molecule has 8 nitrogen and oxygen atoms in total. The number of nitrogens with zero attached hydrogens (tertiary/aromatic N) is 1. The van der Waals surface area contributed by atoms with Crippen molar-refractivity contribution in [3.8, 4) is 0 Å². The molecule has 0 aliphatic rings. The Morgan fingerprint density at radius 1 is 1.18 bits per heavy atom. The van der Waals surface area contributed by atoms with Crippen molar-refractivity contribution < 1.29 is 18.1 Å². The summed E-state index contributed by atoms with van der Waals surface area (Å²) < 4.78 is 23.1. The van der Waals surface area contributed by atoms with E-state index in [1.807, 2.05) is 18.2 Å². The minimum atomic E-state index is -3.54. The molecular formula is C18H20ClN3O5S. The van der Waals surface area contributed by atoms with Gasteiger partial charge in [0.2, 0.25) is 5.91 Å². The SMILES string of the molecule is CS(=O)(=O)c1ccc(NCCNC(=O)CCc2ccccc2Cl)c([N+](=O)[O-])c1. The Labute approximate surface area is 168 Å². The Morgan fingerprint density at radius 2 is 1.89 bits per heavy atom. The molecule has 0 saturated carbocycles. The van der Waals surface area contributed by atoms with E-state index in [1.165, 1.54) is 12.1 Å². The van der Waals surface area contributed by atoms with Crippen LogP contribution in [0, 0.1) is 10.1 Å². The molecular weight excluding hydrogens is 406 g/mol. The monoisotopic (exact) mass is 425 g/mol. The van der Waals surface area contributed by atoms with Crippen LogP contribution in [0.1, 0.15) is 12.0 Å². The minimum absolute atomic E-state index is 0.127. The molecule has 0 unspecified atom stereocenters. The van der Waals surface area contributed by atoms with Gasteiger partial charge in [-0.15, -0.1) is 0 Å². The van der Waals surface area contributed by atoms with Crippen LogP contribution in [0.5, 0.6) is 0 Å². The first kappa shape index (κ1) is 21.6. The molecule has 0 bridgehead atoms. The number of amides is 1. The maximum Gasteiger partial charge on any atom is 0.293 e. The third kappa shape index (κ3) is 6.21. The van der Waals surface area contributed by atoms with Crippen LogP contribution >= 0.6 is 11.6 Å². The maximum absolute atomic E-state index is 11.9. The molecule has 0 atom stereocenters. The number of hydrogen-bond acceptors (Lipinski definition) is 6. The Kier molecular flexibility index (Phi) is 7.36. The quantitative estimate of drug-likeness (QED) is 0.362. The van der Waals surface area contributed by atoms with Crippen molar-refractivity contribution in [2.24, 2.45) is 0 Å². The summed E-state index contributed by atoms with van der Waals surface area (Å²) in [5, 5.41) is 17.3. The van der Waals surface area contributed by atoms with E-state index in [1.54, 1.807) is 6.07 Å². The van der Waals surface area contributed by atoms with Crippen LogP contribution in [0.4, 0.5) is 11.4 Å². The molecule has 0 aromatic heterocycles. The number of carbonyl (C=O) groups is 1. The van der Waals surface area contributed by atoms with Gasteiger partial charge in [-0.3, -0.25) is 14.9 Å². The highest BCUT2D eigenvalue weighted by molar-refractivity contribution is 7.90. The molecule has 0 heterocycles. The Bertz CT molecular complexity index is 979. The molecule has 2 aromatic carbocycles. The van der Waals surface area contributed by atoms with Gasteiger partial charge in [-0.25, -0.2) is 8.42 Å². The number of nitro benzene ring substituents is 1. The topological polar surface area (TPSA) is 118 Å². The fraction of sp³-hybridized carbons (Fsp3) is 0.278. The third-order valence-electron chi connectivity index (χ3n) is 3.94. The lowest BCUT2D eigenvalue weighted by atomic mass is 10.1. The van der Waals surface area contributed by atoms with Crippen LogP contribution < -0.4 is 10.6 Å². The zero-order valence-electron chi connectivity index (χ0n) is 15.1. The van der Waals surface area contributed by atoms with Crippen LogP contribution in [-0.4, -0.2) is 38.6 Å². The van der Waals surface area contributed by atoms with Crippen LogP contribution in [0.3, 0.4) is 0 Å². The number of anilines is 1. The number of halogens is 1. The molecule has 0 radical (unpaired) electrons. The molecule has 10 heteroatoms. The molecule has 1 amide bonds. The lowest BCUT2D eigenvalue weighted by Gasteiger charge is -2.10. The zero-order valence-corrected chi connectivity index (χ0v) is 16.7. The summed E-state index contributed by atoms with van der Waals surface area (Å²) in [6.07, 6.45) is 1.77. The van der Waals surface area contributed by atoms with Gasteiger partial charge < -0.3 is 10.6 Å². The molecule has 0 fully saturated rings. The molecule has 2 rings (SSSR count). The van der Waals surface area contributed by atoms with Gasteiger partial charge in [0.1, 0.15) is 5.69 Å². The van der Waals surface area contributed by atoms with E-state index in [0.717, 1.165) is 17.9 Å². The Morgan fingerprint density at radius 3 is 2.54 bits per heavy atom. The molecule has 2 aromatic rings. The summed E-state index contributed by atoms with van der Waals surface area (Å²) >= 11 is 6.05. The van der Waals surface area contributed by atoms with Crippen molar-refractivity contribution in [3.63, 3.8) is 0 Å². The van der Waals surface area contributed by atoms with Crippen molar-refractivity contribution in [2.75, 3.05) is 24.7 Å². The van der Waals surface area contributed by atoms with Gasteiger partial charge in [0, 0.05) is 36.9 Å². The number of nitrogens with one attached hydrogen (secondary N) is 2. The van der Waals surface area contributed by atoms with Crippen molar-refractivity contribution in [1.82, 2.24) is 5.32 Å². The maximum atomic E-state index is 11.9. The largest absolute Gasteiger partial charge is 0.378 e. The summed E-state index contributed by atoms with van der Waals surface area (Å²) in [5.41, 5.74) is 0.731. The lowest BCUT2D eigenvalue weighted by Crippen LogP contribution is -2.29. The second kappa shape index (κ2) is 9.52. The average molecular weight is 426 g/mol. The summed E-state index contributed by atoms with van der Waals surface area (Å²) in [4.78, 5) is 22.3. The standard InChI is InChI=1S/C18H20ClN3O5S/c1-28(26,27)14-7-8-16(17(12-14)22(24)25)20-10-11-21-18(23)9-6-13-4-2-3-5-15(13)19/h2-5,7-8,12,20H,6,9-11H2,1H3,(H,21,23). The minimum Gasteiger partial charge on any atom is -0.378 e. The highest BCUT2D eigenvalue weighted by Gasteiger charge is 2.18. The number of nitro groups is 1.